The van der Waals surface area contributed by atoms with Crippen molar-refractivity contribution in [1.82, 2.24) is 10.6 Å². The molecule has 4 aromatic rings. The maximum atomic E-state index is 12.3. The number of hydrogen-bond acceptors (Lipinski definition) is 8. The number of urea groups is 1. The highest BCUT2D eigenvalue weighted by molar-refractivity contribution is 7.99. The van der Waals surface area contributed by atoms with E-state index in [0.29, 0.717) is 10.8 Å². The number of aliphatic hydroxyl groups excluding tert-OH is 1. The second-order valence-corrected chi connectivity index (χ2v) is 12.2. The van der Waals surface area contributed by atoms with E-state index in [-0.39, 0.29) is 44.4 Å². The Kier molecular flexibility index (Phi) is 11.9. The van der Waals surface area contributed by atoms with Crippen molar-refractivity contribution in [2.75, 3.05) is 18.9 Å². The summed E-state index contributed by atoms with van der Waals surface area (Å²) in [7, 11) is 0. The minimum atomic E-state index is -0.632. The molecule has 1 aliphatic rings. The third-order valence-corrected chi connectivity index (χ3v) is 9.01. The van der Waals surface area contributed by atoms with Crippen LogP contribution in [0.25, 0.3) is 11.1 Å². The van der Waals surface area contributed by atoms with Crippen molar-refractivity contribution in [1.29, 1.82) is 0 Å². The minimum absolute atomic E-state index is 0.00888. The summed E-state index contributed by atoms with van der Waals surface area (Å²) in [5.41, 5.74) is 5.55. The van der Waals surface area contributed by atoms with Crippen LogP contribution in [-0.2, 0) is 32.2 Å². The smallest absolute Gasteiger partial charge is 0.325 e. The molecule has 2 heterocycles. The molecule has 0 spiro atoms. The summed E-state index contributed by atoms with van der Waals surface area (Å²) in [6, 6.07) is 28.5. The first-order valence-corrected chi connectivity index (χ1v) is 16.5. The average molecular weight is 658 g/mol. The van der Waals surface area contributed by atoms with Crippen molar-refractivity contribution in [3.05, 3.63) is 125 Å². The van der Waals surface area contributed by atoms with Gasteiger partial charge in [-0.05, 0) is 46.9 Å². The van der Waals surface area contributed by atoms with Crippen molar-refractivity contribution in [3.8, 4) is 11.1 Å². The molecule has 4 unspecified atom stereocenters. The maximum absolute atomic E-state index is 12.3. The first-order valence-electron chi connectivity index (χ1n) is 15.5. The Morgan fingerprint density at radius 2 is 1.68 bits per heavy atom. The van der Waals surface area contributed by atoms with E-state index >= 15 is 0 Å². The first-order chi connectivity index (χ1) is 22.8. The highest BCUT2D eigenvalue weighted by atomic mass is 32.2. The largest absolute Gasteiger partial charge is 0.618 e. The number of esters is 1. The highest BCUT2D eigenvalue weighted by Crippen LogP contribution is 2.43. The molecule has 1 fully saturated rings. The number of carbonyl (C=O) groups is 2. The summed E-state index contributed by atoms with van der Waals surface area (Å²) in [6.45, 7) is 4.13. The van der Waals surface area contributed by atoms with Gasteiger partial charge in [-0.25, -0.2) is 4.79 Å². The number of benzene rings is 3. The molecule has 0 bridgehead atoms. The molecule has 47 heavy (non-hydrogen) atoms. The van der Waals surface area contributed by atoms with Crippen LogP contribution < -0.4 is 15.4 Å². The summed E-state index contributed by atoms with van der Waals surface area (Å²) < 4.78 is 18.8. The normalized spacial score (nSPS) is 19.1. The van der Waals surface area contributed by atoms with Gasteiger partial charge in [0.1, 0.15) is 6.54 Å². The summed E-state index contributed by atoms with van der Waals surface area (Å²) in [4.78, 5) is 23.6. The summed E-state index contributed by atoms with van der Waals surface area (Å²) in [5.74, 6) is 0.0703. The molecule has 5 rings (SSSR count). The van der Waals surface area contributed by atoms with Gasteiger partial charge in [0.2, 0.25) is 0 Å². The Balaban J connectivity index is 1.28. The number of nitrogens with zero attached hydrogens (tertiary/aromatic N) is 1. The van der Waals surface area contributed by atoms with Crippen LogP contribution in [0.4, 0.5) is 4.79 Å². The van der Waals surface area contributed by atoms with Crippen molar-refractivity contribution >= 4 is 23.8 Å². The lowest BCUT2D eigenvalue weighted by Crippen LogP contribution is -2.39. The van der Waals surface area contributed by atoms with E-state index in [4.69, 9.17) is 14.2 Å². The lowest BCUT2D eigenvalue weighted by Gasteiger charge is -2.41. The number of hydrogen-bond donors (Lipinski definition) is 3. The zero-order chi connectivity index (χ0) is 33.2. The predicted molar refractivity (Wildman–Crippen MR) is 178 cm³/mol. The Labute approximate surface area is 278 Å². The van der Waals surface area contributed by atoms with Crippen molar-refractivity contribution in [2.45, 2.75) is 50.5 Å². The molecule has 1 saturated heterocycles. The zero-order valence-corrected chi connectivity index (χ0v) is 27.2. The number of thioether (sulfide) groups is 1. The van der Waals surface area contributed by atoms with Crippen LogP contribution in [0.3, 0.4) is 0 Å². The second kappa shape index (κ2) is 16.4. The number of aliphatic hydroxyl groups is 1. The lowest BCUT2D eigenvalue weighted by molar-refractivity contribution is -0.645. The van der Waals surface area contributed by atoms with Gasteiger partial charge < -0.3 is 35.2 Å². The van der Waals surface area contributed by atoms with Crippen LogP contribution in [0.5, 0.6) is 0 Å². The van der Waals surface area contributed by atoms with E-state index in [2.05, 4.69) is 17.6 Å². The molecule has 0 saturated carbocycles. The summed E-state index contributed by atoms with van der Waals surface area (Å²) in [5, 5.41) is 27.7. The number of pyridine rings is 1. The van der Waals surface area contributed by atoms with Gasteiger partial charge in [0.15, 0.2) is 12.5 Å². The van der Waals surface area contributed by atoms with Gasteiger partial charge in [-0.15, -0.1) is 0 Å². The van der Waals surface area contributed by atoms with Crippen LogP contribution in [-0.4, -0.2) is 42.1 Å². The molecular weight excluding hydrogens is 618 g/mol. The quantitative estimate of drug-likeness (QED) is 0.0796. The van der Waals surface area contributed by atoms with Crippen molar-refractivity contribution in [3.63, 3.8) is 0 Å². The molecule has 4 atom stereocenters. The SMILES string of the molecule is CCOC(=O)CNC(=O)NCc1cccc(-c2ccc(C3OC(CSc4cccc[n+]4[O-])C(C)C(c4ccc(CO)cc4)O3)cc2)c1. The fourth-order valence-electron chi connectivity index (χ4n) is 5.30. The standard InChI is InChI=1S/C36H39N3O7S/c1-3-44-33(41)21-38-36(42)37-20-26-7-6-8-30(19-26)27-14-16-29(17-15-27)35-45-31(23-47-32-9-4-5-18-39(32)43)24(2)34(46-35)28-12-10-25(22-40)11-13-28/h4-19,24,31,34-35,40H,3,20-23H2,1-2H3,(H2,37,38,42). The summed E-state index contributed by atoms with van der Waals surface area (Å²) >= 11 is 1.46. The van der Waals surface area contributed by atoms with Gasteiger partial charge >= 0.3 is 12.0 Å². The van der Waals surface area contributed by atoms with Gasteiger partial charge in [0.05, 0.1) is 25.4 Å². The monoisotopic (exact) mass is 657 g/mol. The van der Waals surface area contributed by atoms with Crippen molar-refractivity contribution < 1.29 is 33.6 Å². The van der Waals surface area contributed by atoms with Crippen LogP contribution in [0, 0.1) is 11.1 Å². The lowest BCUT2D eigenvalue weighted by atomic mass is 9.91. The molecule has 11 heteroatoms. The van der Waals surface area contributed by atoms with Gasteiger partial charge in [-0.2, -0.15) is 4.73 Å². The summed E-state index contributed by atoms with van der Waals surface area (Å²) in [6.07, 6.45) is 0.386. The Morgan fingerprint density at radius 3 is 2.40 bits per heavy atom. The van der Waals surface area contributed by atoms with E-state index in [1.54, 1.807) is 19.1 Å². The molecule has 3 N–H and O–H groups in total. The Bertz CT molecular complexity index is 1630. The molecule has 0 aliphatic carbocycles. The Hall–Kier alpha value is -4.42. The molecule has 0 radical (unpaired) electrons. The van der Waals surface area contributed by atoms with E-state index in [0.717, 1.165) is 38.1 Å². The predicted octanol–water partition coefficient (Wildman–Crippen LogP) is 5.43. The zero-order valence-electron chi connectivity index (χ0n) is 26.3. The number of carbonyl (C=O) groups excluding carboxylic acids is 2. The van der Waals surface area contributed by atoms with Gasteiger partial charge in [0.25, 0.3) is 5.03 Å². The van der Waals surface area contributed by atoms with Crippen LogP contribution in [0.1, 0.15) is 48.5 Å². The molecule has 10 nitrogen and oxygen atoms in total. The van der Waals surface area contributed by atoms with Crippen LogP contribution in [0.2, 0.25) is 0 Å². The fourth-order valence-corrected chi connectivity index (χ4v) is 6.38. The van der Waals surface area contributed by atoms with Gasteiger partial charge in [0, 0.05) is 35.9 Å². The van der Waals surface area contributed by atoms with E-state index in [1.165, 1.54) is 18.0 Å². The van der Waals surface area contributed by atoms with E-state index in [9.17, 15) is 19.9 Å². The van der Waals surface area contributed by atoms with Crippen LogP contribution >= 0.6 is 11.8 Å². The molecular formula is C36H39N3O7S. The Morgan fingerprint density at radius 1 is 0.915 bits per heavy atom. The highest BCUT2D eigenvalue weighted by Gasteiger charge is 2.38. The first kappa shape index (κ1) is 33.9. The van der Waals surface area contributed by atoms with E-state index in [1.807, 2.05) is 78.9 Å². The van der Waals surface area contributed by atoms with Gasteiger partial charge in [-0.3, -0.25) is 4.79 Å². The molecule has 3 aromatic carbocycles. The topological polar surface area (TPSA) is 133 Å². The molecule has 246 valence electrons. The number of amides is 2. The maximum Gasteiger partial charge on any atom is 0.325 e. The number of rotatable bonds is 12. The molecule has 1 aromatic heterocycles. The van der Waals surface area contributed by atoms with Gasteiger partial charge in [-0.1, -0.05) is 85.4 Å². The third-order valence-electron chi connectivity index (χ3n) is 7.90. The van der Waals surface area contributed by atoms with Crippen LogP contribution in [0.15, 0.2) is 102 Å². The fraction of sp³-hybridized carbons (Fsp3) is 0.306. The minimum Gasteiger partial charge on any atom is -0.618 e. The average Bonchev–Trinajstić information content (AvgIpc) is 3.10. The van der Waals surface area contributed by atoms with E-state index < -0.39 is 18.3 Å². The third kappa shape index (κ3) is 9.11. The second-order valence-electron chi connectivity index (χ2n) is 11.2. The number of aromatic nitrogens is 1. The molecule has 1 aliphatic heterocycles. The molecule has 2 amide bonds. The number of nitrogens with one attached hydrogen (secondary N) is 2. The van der Waals surface area contributed by atoms with Crippen molar-refractivity contribution in [2.24, 2.45) is 5.92 Å². The number of ether oxygens (including phenoxy) is 3.